The zero-order valence-electron chi connectivity index (χ0n) is 9.98. The molecule has 7 heteroatoms. The Bertz CT molecular complexity index is 549. The van der Waals surface area contributed by atoms with Crippen molar-refractivity contribution in [3.05, 3.63) is 45.4 Å². The lowest BCUT2D eigenvalue weighted by molar-refractivity contribution is 0.529. The van der Waals surface area contributed by atoms with E-state index in [0.717, 1.165) is 5.56 Å². The van der Waals surface area contributed by atoms with E-state index in [2.05, 4.69) is 31.7 Å². The Morgan fingerprint density at radius 1 is 1.50 bits per heavy atom. The van der Waals surface area contributed by atoms with E-state index in [9.17, 15) is 4.39 Å². The molecule has 0 spiro atoms. The van der Waals surface area contributed by atoms with Crippen molar-refractivity contribution in [2.45, 2.75) is 13.0 Å². The van der Waals surface area contributed by atoms with Crippen LogP contribution in [0.5, 0.6) is 0 Å². The Balaban J connectivity index is 2.55. The van der Waals surface area contributed by atoms with Crippen LogP contribution in [-0.2, 0) is 7.05 Å². The van der Waals surface area contributed by atoms with E-state index in [-0.39, 0.29) is 5.82 Å². The first-order valence-corrected chi connectivity index (χ1v) is 6.11. The number of aromatic nitrogens is 3. The van der Waals surface area contributed by atoms with Crippen molar-refractivity contribution in [2.24, 2.45) is 12.9 Å². The summed E-state index contributed by atoms with van der Waals surface area (Å²) in [5.41, 5.74) is 4.69. The molecule has 0 bridgehead atoms. The third-order valence-corrected chi connectivity index (χ3v) is 3.29. The van der Waals surface area contributed by atoms with E-state index < -0.39 is 6.04 Å². The summed E-state index contributed by atoms with van der Waals surface area (Å²) in [5, 5.41) is 7.74. The lowest BCUT2D eigenvalue weighted by atomic mass is 10.0. The first kappa shape index (κ1) is 13.1. The van der Waals surface area contributed by atoms with Gasteiger partial charge in [0.25, 0.3) is 0 Å². The summed E-state index contributed by atoms with van der Waals surface area (Å²) >= 11 is 3.29. The molecule has 0 fully saturated rings. The average molecular weight is 314 g/mol. The van der Waals surface area contributed by atoms with Crippen molar-refractivity contribution >= 4 is 15.9 Å². The third-order valence-electron chi connectivity index (χ3n) is 2.73. The van der Waals surface area contributed by atoms with Crippen LogP contribution in [0.4, 0.5) is 4.39 Å². The molecule has 0 aliphatic carbocycles. The van der Waals surface area contributed by atoms with E-state index in [1.54, 1.807) is 23.9 Å². The first-order chi connectivity index (χ1) is 8.54. The van der Waals surface area contributed by atoms with Gasteiger partial charge in [-0.15, -0.1) is 5.10 Å². The number of nitrogens with one attached hydrogen (secondary N) is 1. The molecule has 0 saturated carbocycles. The van der Waals surface area contributed by atoms with Crippen LogP contribution in [0.15, 0.2) is 22.8 Å². The number of benzene rings is 1. The van der Waals surface area contributed by atoms with Gasteiger partial charge in [-0.3, -0.25) is 5.84 Å². The number of halogens is 2. The first-order valence-electron chi connectivity index (χ1n) is 5.32. The minimum absolute atomic E-state index is 0.323. The van der Waals surface area contributed by atoms with Crippen molar-refractivity contribution in [2.75, 3.05) is 0 Å². The Hall–Kier alpha value is -1.31. The van der Waals surface area contributed by atoms with Crippen molar-refractivity contribution in [3.63, 3.8) is 0 Å². The fourth-order valence-corrected chi connectivity index (χ4v) is 2.40. The number of nitrogens with two attached hydrogens (primary N) is 1. The number of aryl methyl sites for hydroxylation is 2. The Labute approximate surface area is 112 Å². The number of hydrogen-bond donors (Lipinski definition) is 2. The average Bonchev–Trinajstić information content (AvgIpc) is 2.66. The van der Waals surface area contributed by atoms with Crippen LogP contribution in [0.25, 0.3) is 0 Å². The zero-order chi connectivity index (χ0) is 13.3. The minimum Gasteiger partial charge on any atom is -0.271 e. The van der Waals surface area contributed by atoms with Gasteiger partial charge in [0.2, 0.25) is 0 Å². The molecule has 2 rings (SSSR count). The van der Waals surface area contributed by atoms with Gasteiger partial charge in [0, 0.05) is 12.6 Å². The van der Waals surface area contributed by atoms with Crippen LogP contribution in [0.2, 0.25) is 0 Å². The topological polar surface area (TPSA) is 68.8 Å². The standard InChI is InChI=1S/C11H13BrFN5/c1-6-3-4-8(13)7(5-6)9(15-14)10-11(12)16-17-18(10)2/h3-5,9,15H,14H2,1-2H3. The van der Waals surface area contributed by atoms with Crippen LogP contribution in [0.3, 0.4) is 0 Å². The molecular weight excluding hydrogens is 301 g/mol. The summed E-state index contributed by atoms with van der Waals surface area (Å²) in [6.07, 6.45) is 0. The number of rotatable bonds is 3. The van der Waals surface area contributed by atoms with Crippen molar-refractivity contribution in [3.8, 4) is 0 Å². The molecule has 0 radical (unpaired) electrons. The molecule has 0 aliphatic rings. The zero-order valence-corrected chi connectivity index (χ0v) is 11.6. The maximum atomic E-state index is 13.9. The summed E-state index contributed by atoms with van der Waals surface area (Å²) in [5.74, 6) is 5.22. The van der Waals surface area contributed by atoms with Gasteiger partial charge in [0.05, 0.1) is 11.7 Å². The second kappa shape index (κ2) is 5.13. The maximum absolute atomic E-state index is 13.9. The third kappa shape index (κ3) is 2.29. The highest BCUT2D eigenvalue weighted by atomic mass is 79.9. The van der Waals surface area contributed by atoms with Gasteiger partial charge in [0.1, 0.15) is 5.82 Å². The summed E-state index contributed by atoms with van der Waals surface area (Å²) in [6, 6.07) is 4.37. The molecule has 96 valence electrons. The van der Waals surface area contributed by atoms with Gasteiger partial charge < -0.3 is 0 Å². The van der Waals surface area contributed by atoms with Gasteiger partial charge in [-0.2, -0.15) is 0 Å². The van der Waals surface area contributed by atoms with Gasteiger partial charge in [-0.25, -0.2) is 14.5 Å². The van der Waals surface area contributed by atoms with Crippen LogP contribution >= 0.6 is 15.9 Å². The van der Waals surface area contributed by atoms with E-state index in [0.29, 0.717) is 15.9 Å². The predicted octanol–water partition coefficient (Wildman–Crippen LogP) is 1.58. The normalized spacial score (nSPS) is 12.7. The number of nitrogens with zero attached hydrogens (tertiary/aromatic N) is 3. The minimum atomic E-state index is -0.515. The molecule has 0 saturated heterocycles. The largest absolute Gasteiger partial charge is 0.271 e. The van der Waals surface area contributed by atoms with E-state index in [1.807, 2.05) is 6.92 Å². The number of hydrogen-bond acceptors (Lipinski definition) is 4. The second-order valence-corrected chi connectivity index (χ2v) is 4.76. The van der Waals surface area contributed by atoms with Crippen LogP contribution < -0.4 is 11.3 Å². The summed E-state index contributed by atoms with van der Waals surface area (Å²) in [4.78, 5) is 0. The van der Waals surface area contributed by atoms with Gasteiger partial charge in [-0.1, -0.05) is 22.9 Å². The Morgan fingerprint density at radius 2 is 2.22 bits per heavy atom. The molecule has 18 heavy (non-hydrogen) atoms. The molecule has 1 heterocycles. The number of hydrazine groups is 1. The quantitative estimate of drug-likeness (QED) is 0.667. The summed E-state index contributed by atoms with van der Waals surface area (Å²) in [6.45, 7) is 1.90. The van der Waals surface area contributed by atoms with Crippen molar-refractivity contribution < 1.29 is 4.39 Å². The molecule has 0 aliphatic heterocycles. The Kier molecular flexibility index (Phi) is 3.74. The smallest absolute Gasteiger partial charge is 0.153 e. The predicted molar refractivity (Wildman–Crippen MR) is 69.0 cm³/mol. The van der Waals surface area contributed by atoms with Crippen LogP contribution in [0.1, 0.15) is 22.9 Å². The molecule has 0 amide bonds. The fraction of sp³-hybridized carbons (Fsp3) is 0.273. The van der Waals surface area contributed by atoms with Crippen molar-refractivity contribution in [1.29, 1.82) is 0 Å². The molecule has 2 aromatic rings. The molecule has 1 aromatic heterocycles. The Morgan fingerprint density at radius 3 is 2.78 bits per heavy atom. The van der Waals surface area contributed by atoms with Gasteiger partial charge in [0.15, 0.2) is 4.60 Å². The van der Waals surface area contributed by atoms with Crippen molar-refractivity contribution in [1.82, 2.24) is 20.4 Å². The fourth-order valence-electron chi connectivity index (χ4n) is 1.85. The molecule has 1 aromatic carbocycles. The highest BCUT2D eigenvalue weighted by molar-refractivity contribution is 9.10. The van der Waals surface area contributed by atoms with Crippen LogP contribution in [-0.4, -0.2) is 15.0 Å². The highest BCUT2D eigenvalue weighted by Gasteiger charge is 2.23. The van der Waals surface area contributed by atoms with E-state index in [4.69, 9.17) is 5.84 Å². The van der Waals surface area contributed by atoms with Gasteiger partial charge in [-0.05, 0) is 28.9 Å². The summed E-state index contributed by atoms with van der Waals surface area (Å²) in [7, 11) is 1.73. The molecule has 1 atom stereocenters. The van der Waals surface area contributed by atoms with Crippen LogP contribution in [0, 0.1) is 12.7 Å². The SMILES string of the molecule is Cc1ccc(F)c(C(NN)c2c(Br)nnn2C)c1. The lowest BCUT2D eigenvalue weighted by Gasteiger charge is -2.17. The lowest BCUT2D eigenvalue weighted by Crippen LogP contribution is -2.31. The second-order valence-electron chi connectivity index (χ2n) is 4.01. The molecule has 5 nitrogen and oxygen atoms in total. The molecule has 1 unspecified atom stereocenters. The van der Waals surface area contributed by atoms with E-state index in [1.165, 1.54) is 6.07 Å². The monoisotopic (exact) mass is 313 g/mol. The van der Waals surface area contributed by atoms with Gasteiger partial charge >= 0.3 is 0 Å². The highest BCUT2D eigenvalue weighted by Crippen LogP contribution is 2.28. The molecule has 3 N–H and O–H groups in total. The summed E-state index contributed by atoms with van der Waals surface area (Å²) < 4.78 is 16.0. The maximum Gasteiger partial charge on any atom is 0.153 e. The van der Waals surface area contributed by atoms with E-state index >= 15 is 0 Å². The molecular formula is C11H13BrFN5.